The summed E-state index contributed by atoms with van der Waals surface area (Å²) >= 11 is 0. The first-order valence-corrected chi connectivity index (χ1v) is 9.91. The molecule has 0 atom stereocenters. The molecule has 1 heterocycles. The smallest absolute Gasteiger partial charge is 0.253 e. The molecule has 0 radical (unpaired) electrons. The third-order valence-electron chi connectivity index (χ3n) is 4.88. The van der Waals surface area contributed by atoms with E-state index in [1.54, 1.807) is 0 Å². The van der Waals surface area contributed by atoms with Crippen LogP contribution in [0.15, 0.2) is 78.4 Å². The number of carbonyl (C=O) groups excluding carboxylic acids is 4. The van der Waals surface area contributed by atoms with Crippen LogP contribution in [-0.4, -0.2) is 41.6 Å². The zero-order valence-corrected chi connectivity index (χ0v) is 16.9. The standard InChI is InChI=1S/C24H23N3O4/c25-24(31)19(13-15-26-20(28)14-16-27-21(29)11-12-22(27)30)23(17-7-3-1-4-8-17)18-9-5-2-6-10-18/h1-12H,13-16H2,(H2,25,31)(H,26,28). The molecule has 0 saturated carbocycles. The second kappa shape index (κ2) is 10.2. The largest absolute Gasteiger partial charge is 0.366 e. The van der Waals surface area contributed by atoms with E-state index in [0.717, 1.165) is 21.6 Å². The van der Waals surface area contributed by atoms with Crippen molar-refractivity contribution < 1.29 is 19.2 Å². The Labute approximate surface area is 180 Å². The molecule has 0 saturated heterocycles. The van der Waals surface area contributed by atoms with Gasteiger partial charge in [0.15, 0.2) is 0 Å². The maximum atomic E-state index is 12.3. The molecule has 4 amide bonds. The van der Waals surface area contributed by atoms with Gasteiger partial charge in [-0.25, -0.2) is 0 Å². The van der Waals surface area contributed by atoms with Gasteiger partial charge in [-0.2, -0.15) is 0 Å². The highest BCUT2D eigenvalue weighted by Crippen LogP contribution is 2.28. The van der Waals surface area contributed by atoms with Crippen LogP contribution < -0.4 is 11.1 Å². The van der Waals surface area contributed by atoms with Crippen LogP contribution in [0.4, 0.5) is 0 Å². The van der Waals surface area contributed by atoms with Gasteiger partial charge < -0.3 is 11.1 Å². The molecule has 7 nitrogen and oxygen atoms in total. The summed E-state index contributed by atoms with van der Waals surface area (Å²) in [6, 6.07) is 18.9. The Morgan fingerprint density at radius 1 is 0.806 bits per heavy atom. The Morgan fingerprint density at radius 3 is 1.81 bits per heavy atom. The maximum absolute atomic E-state index is 12.3. The zero-order valence-electron chi connectivity index (χ0n) is 16.9. The van der Waals surface area contributed by atoms with Gasteiger partial charge in [0.1, 0.15) is 0 Å². The summed E-state index contributed by atoms with van der Waals surface area (Å²) in [7, 11) is 0. The highest BCUT2D eigenvalue weighted by atomic mass is 16.2. The van der Waals surface area contributed by atoms with E-state index in [4.69, 9.17) is 5.73 Å². The first kappa shape index (κ1) is 21.7. The molecule has 31 heavy (non-hydrogen) atoms. The lowest BCUT2D eigenvalue weighted by Crippen LogP contribution is -2.35. The minimum Gasteiger partial charge on any atom is -0.366 e. The number of hydrogen-bond acceptors (Lipinski definition) is 4. The second-order valence-electron chi connectivity index (χ2n) is 6.96. The van der Waals surface area contributed by atoms with Crippen LogP contribution in [0.25, 0.3) is 5.57 Å². The number of rotatable bonds is 9. The Kier molecular flexibility index (Phi) is 7.11. The molecule has 2 aromatic carbocycles. The summed E-state index contributed by atoms with van der Waals surface area (Å²) in [5.74, 6) is -1.73. The van der Waals surface area contributed by atoms with E-state index in [1.807, 2.05) is 60.7 Å². The molecule has 0 aliphatic carbocycles. The van der Waals surface area contributed by atoms with Crippen LogP contribution in [-0.2, 0) is 19.2 Å². The van der Waals surface area contributed by atoms with Crippen LogP contribution in [0, 0.1) is 0 Å². The van der Waals surface area contributed by atoms with E-state index >= 15 is 0 Å². The molecule has 1 aliphatic heterocycles. The Balaban J connectivity index is 1.70. The Bertz CT molecular complexity index is 984. The molecular formula is C24H23N3O4. The number of amides is 4. The number of nitrogens with one attached hydrogen (secondary N) is 1. The van der Waals surface area contributed by atoms with Gasteiger partial charge >= 0.3 is 0 Å². The van der Waals surface area contributed by atoms with Crippen LogP contribution in [0.1, 0.15) is 24.0 Å². The number of primary amides is 1. The first-order valence-electron chi connectivity index (χ1n) is 9.91. The summed E-state index contributed by atoms with van der Waals surface area (Å²) in [4.78, 5) is 48.6. The van der Waals surface area contributed by atoms with Crippen molar-refractivity contribution in [1.29, 1.82) is 0 Å². The maximum Gasteiger partial charge on any atom is 0.253 e. The summed E-state index contributed by atoms with van der Waals surface area (Å²) in [5, 5.41) is 2.73. The number of benzene rings is 2. The minimum atomic E-state index is -0.559. The molecule has 0 spiro atoms. The SMILES string of the molecule is NC(=O)C(CCNC(=O)CCN1C(=O)C=CC1=O)=C(c1ccccc1)c1ccccc1. The van der Waals surface area contributed by atoms with Crippen LogP contribution in [0.5, 0.6) is 0 Å². The van der Waals surface area contributed by atoms with Gasteiger partial charge in [0.2, 0.25) is 11.8 Å². The third-order valence-corrected chi connectivity index (χ3v) is 4.88. The van der Waals surface area contributed by atoms with E-state index in [9.17, 15) is 19.2 Å². The van der Waals surface area contributed by atoms with Crippen molar-refractivity contribution >= 4 is 29.2 Å². The molecule has 2 aromatic rings. The second-order valence-corrected chi connectivity index (χ2v) is 6.96. The fraction of sp³-hybridized carbons (Fsp3) is 0.167. The van der Waals surface area contributed by atoms with Crippen LogP contribution in [0.3, 0.4) is 0 Å². The molecular weight excluding hydrogens is 394 g/mol. The highest BCUT2D eigenvalue weighted by molar-refractivity contribution is 6.13. The van der Waals surface area contributed by atoms with Crippen molar-refractivity contribution in [3.05, 3.63) is 89.5 Å². The van der Waals surface area contributed by atoms with Gasteiger partial charge in [0, 0.05) is 37.2 Å². The summed E-state index contributed by atoms with van der Waals surface area (Å²) in [5.41, 5.74) is 8.54. The number of hydrogen-bond donors (Lipinski definition) is 2. The number of carbonyl (C=O) groups is 4. The van der Waals surface area contributed by atoms with Gasteiger partial charge in [-0.05, 0) is 23.1 Å². The van der Waals surface area contributed by atoms with Gasteiger partial charge in [-0.15, -0.1) is 0 Å². The zero-order chi connectivity index (χ0) is 22.2. The Morgan fingerprint density at radius 2 is 1.32 bits per heavy atom. The predicted molar refractivity (Wildman–Crippen MR) is 116 cm³/mol. The average molecular weight is 417 g/mol. The quantitative estimate of drug-likeness (QED) is 0.479. The van der Waals surface area contributed by atoms with Gasteiger partial charge in [-0.3, -0.25) is 24.1 Å². The molecule has 0 bridgehead atoms. The lowest BCUT2D eigenvalue weighted by molar-refractivity contribution is -0.137. The molecule has 0 aromatic heterocycles. The topological polar surface area (TPSA) is 110 Å². The van der Waals surface area contributed by atoms with Crippen LogP contribution in [0.2, 0.25) is 0 Å². The molecule has 3 rings (SSSR count). The normalized spacial score (nSPS) is 12.7. The minimum absolute atomic E-state index is 0.00823. The van der Waals surface area contributed by atoms with Gasteiger partial charge in [-0.1, -0.05) is 60.7 Å². The third kappa shape index (κ3) is 5.54. The van der Waals surface area contributed by atoms with Crippen molar-refractivity contribution in [3.63, 3.8) is 0 Å². The molecule has 1 aliphatic rings. The van der Waals surface area contributed by atoms with E-state index in [2.05, 4.69) is 5.32 Å². The van der Waals surface area contributed by atoms with E-state index in [1.165, 1.54) is 12.2 Å². The lowest BCUT2D eigenvalue weighted by Gasteiger charge is -2.16. The average Bonchev–Trinajstić information content (AvgIpc) is 3.10. The molecule has 0 unspecified atom stereocenters. The van der Waals surface area contributed by atoms with Crippen molar-refractivity contribution in [2.45, 2.75) is 12.8 Å². The molecule has 158 valence electrons. The Hall–Kier alpha value is -4.00. The van der Waals surface area contributed by atoms with E-state index in [-0.39, 0.29) is 31.8 Å². The fourth-order valence-electron chi connectivity index (χ4n) is 3.38. The monoisotopic (exact) mass is 417 g/mol. The molecule has 0 fully saturated rings. The molecule has 7 heteroatoms. The van der Waals surface area contributed by atoms with Crippen LogP contribution >= 0.6 is 0 Å². The predicted octanol–water partition coefficient (Wildman–Crippen LogP) is 1.80. The van der Waals surface area contributed by atoms with Gasteiger partial charge in [0.25, 0.3) is 11.8 Å². The van der Waals surface area contributed by atoms with Gasteiger partial charge in [0.05, 0.1) is 0 Å². The van der Waals surface area contributed by atoms with Crippen molar-refractivity contribution in [3.8, 4) is 0 Å². The molecule has 3 N–H and O–H groups in total. The first-order chi connectivity index (χ1) is 15.0. The van der Waals surface area contributed by atoms with E-state index in [0.29, 0.717) is 5.57 Å². The summed E-state index contributed by atoms with van der Waals surface area (Å²) in [6.07, 6.45) is 2.58. The summed E-state index contributed by atoms with van der Waals surface area (Å²) in [6.45, 7) is 0.203. The number of nitrogens with zero attached hydrogens (tertiary/aromatic N) is 1. The number of imide groups is 1. The highest BCUT2D eigenvalue weighted by Gasteiger charge is 2.23. The van der Waals surface area contributed by atoms with Crippen molar-refractivity contribution in [2.75, 3.05) is 13.1 Å². The summed E-state index contributed by atoms with van der Waals surface area (Å²) < 4.78 is 0. The van der Waals surface area contributed by atoms with Crippen molar-refractivity contribution in [2.24, 2.45) is 5.73 Å². The van der Waals surface area contributed by atoms with Crippen molar-refractivity contribution in [1.82, 2.24) is 10.2 Å². The fourth-order valence-corrected chi connectivity index (χ4v) is 3.38. The number of nitrogens with two attached hydrogens (primary N) is 1. The lowest BCUT2D eigenvalue weighted by atomic mass is 9.91. The van der Waals surface area contributed by atoms with E-state index < -0.39 is 17.7 Å².